The Bertz CT molecular complexity index is 367. The molecule has 2 unspecified atom stereocenters. The second-order valence-corrected chi connectivity index (χ2v) is 4.85. The number of rotatable bonds is 5. The van der Waals surface area contributed by atoms with Crippen molar-refractivity contribution in [3.63, 3.8) is 0 Å². The van der Waals surface area contributed by atoms with Crippen molar-refractivity contribution in [1.29, 1.82) is 0 Å². The molecule has 0 radical (unpaired) electrons. The summed E-state index contributed by atoms with van der Waals surface area (Å²) in [6, 6.07) is 8.23. The van der Waals surface area contributed by atoms with Gasteiger partial charge in [0.2, 0.25) is 0 Å². The van der Waals surface area contributed by atoms with E-state index in [0.717, 1.165) is 38.2 Å². The summed E-state index contributed by atoms with van der Waals surface area (Å²) in [6.07, 6.45) is 3.43. The molecule has 1 saturated heterocycles. The maximum atomic E-state index is 5.89. The summed E-state index contributed by atoms with van der Waals surface area (Å²) in [4.78, 5) is 0. The molecule has 2 rings (SSSR count). The SMILES string of the molecule is CCCOc1cccc(C2OCCCC2CN)c1. The van der Waals surface area contributed by atoms with Gasteiger partial charge in [0.25, 0.3) is 0 Å². The fraction of sp³-hybridized carbons (Fsp3) is 0.600. The van der Waals surface area contributed by atoms with Gasteiger partial charge in [-0.15, -0.1) is 0 Å². The van der Waals surface area contributed by atoms with Gasteiger partial charge in [-0.3, -0.25) is 0 Å². The van der Waals surface area contributed by atoms with E-state index in [2.05, 4.69) is 19.1 Å². The molecule has 0 spiro atoms. The quantitative estimate of drug-likeness (QED) is 0.872. The largest absolute Gasteiger partial charge is 0.494 e. The number of benzene rings is 1. The Morgan fingerprint density at radius 1 is 1.44 bits per heavy atom. The van der Waals surface area contributed by atoms with Crippen LogP contribution in [0.15, 0.2) is 24.3 Å². The predicted molar refractivity (Wildman–Crippen MR) is 72.7 cm³/mol. The highest BCUT2D eigenvalue weighted by atomic mass is 16.5. The molecule has 1 aliphatic rings. The van der Waals surface area contributed by atoms with Crippen molar-refractivity contribution in [1.82, 2.24) is 0 Å². The Kier molecular flexibility index (Phi) is 5.02. The summed E-state index contributed by atoms with van der Waals surface area (Å²) in [5, 5.41) is 0. The lowest BCUT2D eigenvalue weighted by molar-refractivity contribution is -0.0252. The monoisotopic (exact) mass is 249 g/mol. The first-order chi connectivity index (χ1) is 8.85. The van der Waals surface area contributed by atoms with Gasteiger partial charge in [-0.25, -0.2) is 0 Å². The van der Waals surface area contributed by atoms with Crippen molar-refractivity contribution in [2.45, 2.75) is 32.3 Å². The summed E-state index contributed by atoms with van der Waals surface area (Å²) in [7, 11) is 0. The first-order valence-corrected chi connectivity index (χ1v) is 6.89. The Hall–Kier alpha value is -1.06. The third kappa shape index (κ3) is 3.24. The smallest absolute Gasteiger partial charge is 0.119 e. The molecule has 0 saturated carbocycles. The molecule has 0 aromatic heterocycles. The maximum Gasteiger partial charge on any atom is 0.119 e. The average Bonchev–Trinajstić information content (AvgIpc) is 2.45. The van der Waals surface area contributed by atoms with E-state index in [1.165, 1.54) is 5.56 Å². The van der Waals surface area contributed by atoms with Crippen molar-refractivity contribution in [2.75, 3.05) is 19.8 Å². The van der Waals surface area contributed by atoms with E-state index < -0.39 is 0 Å². The highest BCUT2D eigenvalue weighted by Crippen LogP contribution is 2.34. The van der Waals surface area contributed by atoms with E-state index in [0.29, 0.717) is 12.5 Å². The molecular formula is C15H23NO2. The number of hydrogen-bond donors (Lipinski definition) is 1. The van der Waals surface area contributed by atoms with E-state index in [-0.39, 0.29) is 6.10 Å². The molecule has 0 bridgehead atoms. The van der Waals surface area contributed by atoms with Crippen LogP contribution in [0.5, 0.6) is 5.75 Å². The fourth-order valence-electron chi connectivity index (χ4n) is 2.45. The minimum Gasteiger partial charge on any atom is -0.494 e. The predicted octanol–water partition coefficient (Wildman–Crippen LogP) is 2.90. The minimum absolute atomic E-state index is 0.133. The van der Waals surface area contributed by atoms with E-state index in [1.807, 2.05) is 12.1 Å². The second-order valence-electron chi connectivity index (χ2n) is 4.85. The summed E-state index contributed by atoms with van der Waals surface area (Å²) in [5.41, 5.74) is 7.03. The van der Waals surface area contributed by atoms with Crippen LogP contribution >= 0.6 is 0 Å². The zero-order valence-electron chi connectivity index (χ0n) is 11.1. The maximum absolute atomic E-state index is 5.89. The first-order valence-electron chi connectivity index (χ1n) is 6.89. The molecule has 1 heterocycles. The van der Waals surface area contributed by atoms with Gasteiger partial charge >= 0.3 is 0 Å². The van der Waals surface area contributed by atoms with E-state index in [4.69, 9.17) is 15.2 Å². The van der Waals surface area contributed by atoms with Crippen LogP contribution in [0.1, 0.15) is 37.9 Å². The molecular weight excluding hydrogens is 226 g/mol. The summed E-state index contributed by atoms with van der Waals surface area (Å²) in [5.74, 6) is 1.36. The highest BCUT2D eigenvalue weighted by Gasteiger charge is 2.26. The lowest BCUT2D eigenvalue weighted by Crippen LogP contribution is -2.28. The number of hydrogen-bond acceptors (Lipinski definition) is 3. The average molecular weight is 249 g/mol. The molecule has 3 heteroatoms. The third-order valence-corrected chi connectivity index (χ3v) is 3.41. The molecule has 1 aromatic rings. The van der Waals surface area contributed by atoms with Crippen LogP contribution in [-0.4, -0.2) is 19.8 Å². The molecule has 0 aliphatic carbocycles. The fourth-order valence-corrected chi connectivity index (χ4v) is 2.45. The van der Waals surface area contributed by atoms with E-state index in [9.17, 15) is 0 Å². The van der Waals surface area contributed by atoms with Gasteiger partial charge < -0.3 is 15.2 Å². The van der Waals surface area contributed by atoms with Crippen LogP contribution in [-0.2, 0) is 4.74 Å². The van der Waals surface area contributed by atoms with Crippen molar-refractivity contribution in [3.05, 3.63) is 29.8 Å². The minimum atomic E-state index is 0.133. The van der Waals surface area contributed by atoms with E-state index in [1.54, 1.807) is 0 Å². The van der Waals surface area contributed by atoms with Gasteiger partial charge in [0.15, 0.2) is 0 Å². The molecule has 1 aromatic carbocycles. The van der Waals surface area contributed by atoms with Crippen molar-refractivity contribution in [3.8, 4) is 5.75 Å². The molecule has 1 aliphatic heterocycles. The summed E-state index contributed by atoms with van der Waals surface area (Å²) >= 11 is 0. The molecule has 3 nitrogen and oxygen atoms in total. The summed E-state index contributed by atoms with van der Waals surface area (Å²) < 4.78 is 11.6. The number of ether oxygens (including phenoxy) is 2. The molecule has 100 valence electrons. The highest BCUT2D eigenvalue weighted by molar-refractivity contribution is 5.30. The van der Waals surface area contributed by atoms with Crippen molar-refractivity contribution < 1.29 is 9.47 Å². The summed E-state index contributed by atoms with van der Waals surface area (Å²) in [6.45, 7) is 4.39. The molecule has 0 amide bonds. The standard InChI is InChI=1S/C15H23NO2/c1-2-8-17-14-7-3-5-12(10-14)15-13(11-16)6-4-9-18-15/h3,5,7,10,13,15H,2,4,6,8-9,11,16H2,1H3. The lowest BCUT2D eigenvalue weighted by Gasteiger charge is -2.31. The number of nitrogens with two attached hydrogens (primary N) is 1. The van der Waals surface area contributed by atoms with Crippen molar-refractivity contribution in [2.24, 2.45) is 11.7 Å². The van der Waals surface area contributed by atoms with Crippen LogP contribution < -0.4 is 10.5 Å². The van der Waals surface area contributed by atoms with Crippen LogP contribution in [0, 0.1) is 5.92 Å². The normalized spacial score (nSPS) is 23.9. The molecule has 1 fully saturated rings. The van der Waals surface area contributed by atoms with Crippen LogP contribution in [0.2, 0.25) is 0 Å². The Balaban J connectivity index is 2.10. The zero-order chi connectivity index (χ0) is 12.8. The van der Waals surface area contributed by atoms with Gasteiger partial charge in [-0.2, -0.15) is 0 Å². The lowest BCUT2D eigenvalue weighted by atomic mass is 9.89. The van der Waals surface area contributed by atoms with Crippen LogP contribution in [0.25, 0.3) is 0 Å². The van der Waals surface area contributed by atoms with Gasteiger partial charge in [0, 0.05) is 12.5 Å². The van der Waals surface area contributed by atoms with Crippen LogP contribution in [0.3, 0.4) is 0 Å². The topological polar surface area (TPSA) is 44.5 Å². The Morgan fingerprint density at radius 3 is 3.11 bits per heavy atom. The van der Waals surface area contributed by atoms with Gasteiger partial charge in [-0.05, 0) is 43.5 Å². The van der Waals surface area contributed by atoms with E-state index >= 15 is 0 Å². The Labute approximate surface area is 109 Å². The van der Waals surface area contributed by atoms with Gasteiger partial charge in [0.1, 0.15) is 5.75 Å². The van der Waals surface area contributed by atoms with Crippen molar-refractivity contribution >= 4 is 0 Å². The second kappa shape index (κ2) is 6.76. The van der Waals surface area contributed by atoms with Gasteiger partial charge in [-0.1, -0.05) is 19.1 Å². The first kappa shape index (κ1) is 13.4. The zero-order valence-corrected chi connectivity index (χ0v) is 11.1. The third-order valence-electron chi connectivity index (χ3n) is 3.41. The van der Waals surface area contributed by atoms with Crippen LogP contribution in [0.4, 0.5) is 0 Å². The van der Waals surface area contributed by atoms with Gasteiger partial charge in [0.05, 0.1) is 12.7 Å². The molecule has 2 N–H and O–H groups in total. The Morgan fingerprint density at radius 2 is 2.33 bits per heavy atom. The molecule has 2 atom stereocenters. The molecule has 18 heavy (non-hydrogen) atoms.